The average molecular weight is 408 g/mol. The van der Waals surface area contributed by atoms with Gasteiger partial charge in [0.05, 0.1) is 12.0 Å². The van der Waals surface area contributed by atoms with Gasteiger partial charge in [-0.2, -0.15) is 18.3 Å². The van der Waals surface area contributed by atoms with E-state index < -0.39 is 17.4 Å². The standard InChI is InChI=1S/C19H23F3N6O/c1-26-5-4-15-14(11-26)8-17(25-24-15)27-6-2-13(3-7-27)10-28-12-23-16(9-18(28)29)19(20,21)22/h8-9,12-13H,2-7,10-11H2,1H3. The molecule has 0 atom stereocenters. The summed E-state index contributed by atoms with van der Waals surface area (Å²) in [5.74, 6) is 1.07. The minimum absolute atomic E-state index is 0.208. The van der Waals surface area contributed by atoms with E-state index in [1.807, 2.05) is 0 Å². The third kappa shape index (κ3) is 4.42. The number of alkyl halides is 3. The lowest BCUT2D eigenvalue weighted by molar-refractivity contribution is -0.141. The van der Waals surface area contributed by atoms with Gasteiger partial charge in [0, 0.05) is 45.2 Å². The maximum Gasteiger partial charge on any atom is 0.433 e. The molecule has 0 radical (unpaired) electrons. The molecule has 0 bridgehead atoms. The fourth-order valence-corrected chi connectivity index (χ4v) is 3.95. The Kier molecular flexibility index (Phi) is 5.28. The molecule has 2 aliphatic heterocycles. The fourth-order valence-electron chi connectivity index (χ4n) is 3.95. The molecule has 10 heteroatoms. The van der Waals surface area contributed by atoms with Crippen LogP contribution in [0.3, 0.4) is 0 Å². The Bertz CT molecular complexity index is 936. The van der Waals surface area contributed by atoms with E-state index in [0.29, 0.717) is 12.6 Å². The predicted molar refractivity (Wildman–Crippen MR) is 101 cm³/mol. The van der Waals surface area contributed by atoms with Crippen LogP contribution in [0.15, 0.2) is 23.3 Å². The van der Waals surface area contributed by atoms with Crippen LogP contribution in [-0.2, 0) is 25.7 Å². The molecule has 2 aromatic rings. The molecule has 1 saturated heterocycles. The van der Waals surface area contributed by atoms with E-state index in [9.17, 15) is 18.0 Å². The van der Waals surface area contributed by atoms with Gasteiger partial charge in [0.2, 0.25) is 0 Å². The van der Waals surface area contributed by atoms with Gasteiger partial charge in [-0.1, -0.05) is 0 Å². The number of likely N-dealkylation sites (N-methyl/N-ethyl adjacent to an activating group) is 1. The molecular weight excluding hydrogens is 385 g/mol. The molecule has 0 saturated carbocycles. The fraction of sp³-hybridized carbons (Fsp3) is 0.579. The van der Waals surface area contributed by atoms with Crippen molar-refractivity contribution in [2.75, 3.05) is 31.6 Å². The first-order chi connectivity index (χ1) is 13.8. The molecule has 0 unspecified atom stereocenters. The van der Waals surface area contributed by atoms with Crippen LogP contribution in [0.1, 0.15) is 29.8 Å². The van der Waals surface area contributed by atoms with Crippen molar-refractivity contribution >= 4 is 5.82 Å². The normalized spacial score (nSPS) is 18.7. The first-order valence-electron chi connectivity index (χ1n) is 9.72. The van der Waals surface area contributed by atoms with Crippen molar-refractivity contribution in [1.29, 1.82) is 0 Å². The SMILES string of the molecule is CN1CCc2nnc(N3CCC(Cn4cnc(C(F)(F)F)cc4=O)CC3)cc2C1. The molecule has 0 spiro atoms. The van der Waals surface area contributed by atoms with Crippen molar-refractivity contribution in [2.24, 2.45) is 5.92 Å². The summed E-state index contributed by atoms with van der Waals surface area (Å²) in [5.41, 5.74) is 0.466. The van der Waals surface area contributed by atoms with E-state index in [1.165, 1.54) is 10.1 Å². The van der Waals surface area contributed by atoms with Gasteiger partial charge < -0.3 is 9.80 Å². The van der Waals surface area contributed by atoms with Gasteiger partial charge in [0.25, 0.3) is 5.56 Å². The number of hydrogen-bond acceptors (Lipinski definition) is 6. The van der Waals surface area contributed by atoms with Crippen molar-refractivity contribution in [2.45, 2.75) is 38.5 Å². The molecule has 0 N–H and O–H groups in total. The number of piperidine rings is 1. The van der Waals surface area contributed by atoms with Crippen molar-refractivity contribution in [3.8, 4) is 0 Å². The van der Waals surface area contributed by atoms with E-state index in [4.69, 9.17) is 0 Å². The molecule has 0 amide bonds. The summed E-state index contributed by atoms with van der Waals surface area (Å²) in [6.07, 6.45) is -1.04. The van der Waals surface area contributed by atoms with Crippen LogP contribution in [0.25, 0.3) is 0 Å². The first-order valence-corrected chi connectivity index (χ1v) is 9.72. The molecule has 2 aromatic heterocycles. The zero-order valence-electron chi connectivity index (χ0n) is 16.2. The Hall–Kier alpha value is -2.49. The van der Waals surface area contributed by atoms with E-state index in [2.05, 4.69) is 38.1 Å². The molecule has 0 aromatic carbocycles. The highest BCUT2D eigenvalue weighted by Gasteiger charge is 2.33. The lowest BCUT2D eigenvalue weighted by Crippen LogP contribution is -2.37. The summed E-state index contributed by atoms with van der Waals surface area (Å²) >= 11 is 0. The molecular formula is C19H23F3N6O. The van der Waals surface area contributed by atoms with Crippen LogP contribution in [-0.4, -0.2) is 51.3 Å². The topological polar surface area (TPSA) is 67.2 Å². The van der Waals surface area contributed by atoms with E-state index >= 15 is 0 Å². The number of halogens is 3. The third-order valence-electron chi connectivity index (χ3n) is 5.68. The van der Waals surface area contributed by atoms with Gasteiger partial charge in [-0.3, -0.25) is 9.36 Å². The molecule has 7 nitrogen and oxygen atoms in total. The van der Waals surface area contributed by atoms with Crippen LogP contribution < -0.4 is 10.5 Å². The zero-order chi connectivity index (χ0) is 20.6. The Morgan fingerprint density at radius 1 is 1.14 bits per heavy atom. The van der Waals surface area contributed by atoms with Crippen molar-refractivity contribution in [3.63, 3.8) is 0 Å². The Balaban J connectivity index is 1.38. The largest absolute Gasteiger partial charge is 0.433 e. The molecule has 2 aliphatic rings. The molecule has 29 heavy (non-hydrogen) atoms. The summed E-state index contributed by atoms with van der Waals surface area (Å²) in [4.78, 5) is 19.8. The van der Waals surface area contributed by atoms with E-state index in [1.54, 1.807) is 0 Å². The van der Waals surface area contributed by atoms with Crippen molar-refractivity contribution in [3.05, 3.63) is 45.8 Å². The molecule has 0 aliphatic carbocycles. The maximum atomic E-state index is 12.7. The summed E-state index contributed by atoms with van der Waals surface area (Å²) in [6, 6.07) is 2.68. The molecule has 4 rings (SSSR count). The summed E-state index contributed by atoms with van der Waals surface area (Å²) in [6.45, 7) is 3.79. The van der Waals surface area contributed by atoms with Gasteiger partial charge >= 0.3 is 6.18 Å². The van der Waals surface area contributed by atoms with E-state index in [-0.39, 0.29) is 5.92 Å². The lowest BCUT2D eigenvalue weighted by atomic mass is 9.96. The Morgan fingerprint density at radius 2 is 1.90 bits per heavy atom. The van der Waals surface area contributed by atoms with Gasteiger partial charge in [-0.05, 0) is 37.4 Å². The third-order valence-corrected chi connectivity index (χ3v) is 5.68. The highest BCUT2D eigenvalue weighted by Crippen LogP contribution is 2.27. The number of fused-ring (bicyclic) bond motifs is 1. The average Bonchev–Trinajstić information content (AvgIpc) is 2.68. The Labute approximate surface area is 166 Å². The number of anilines is 1. The first kappa shape index (κ1) is 19.8. The number of hydrogen-bond donors (Lipinski definition) is 0. The summed E-state index contributed by atoms with van der Waals surface area (Å²) < 4.78 is 39.2. The summed E-state index contributed by atoms with van der Waals surface area (Å²) in [7, 11) is 2.09. The second-order valence-corrected chi connectivity index (χ2v) is 7.86. The highest BCUT2D eigenvalue weighted by molar-refractivity contribution is 5.42. The second kappa shape index (κ2) is 7.74. The molecule has 1 fully saturated rings. The number of nitrogens with zero attached hydrogens (tertiary/aromatic N) is 6. The number of rotatable bonds is 3. The molecule has 4 heterocycles. The Morgan fingerprint density at radius 3 is 2.59 bits per heavy atom. The van der Waals surface area contributed by atoms with Crippen LogP contribution >= 0.6 is 0 Å². The zero-order valence-corrected chi connectivity index (χ0v) is 16.2. The van der Waals surface area contributed by atoms with Gasteiger partial charge in [0.15, 0.2) is 11.5 Å². The van der Waals surface area contributed by atoms with Crippen LogP contribution in [0.4, 0.5) is 19.0 Å². The maximum absolute atomic E-state index is 12.7. The molecule has 156 valence electrons. The lowest BCUT2D eigenvalue weighted by Gasteiger charge is -2.33. The van der Waals surface area contributed by atoms with Crippen LogP contribution in [0.5, 0.6) is 0 Å². The monoisotopic (exact) mass is 408 g/mol. The van der Waals surface area contributed by atoms with Crippen LogP contribution in [0, 0.1) is 5.92 Å². The summed E-state index contributed by atoms with van der Waals surface area (Å²) in [5, 5.41) is 8.77. The minimum atomic E-state index is -4.60. The van der Waals surface area contributed by atoms with E-state index in [0.717, 1.165) is 63.3 Å². The number of aromatic nitrogens is 4. The van der Waals surface area contributed by atoms with Crippen LogP contribution in [0.2, 0.25) is 0 Å². The predicted octanol–water partition coefficient (Wildman–Crippen LogP) is 1.96. The van der Waals surface area contributed by atoms with Crippen molar-refractivity contribution < 1.29 is 13.2 Å². The second-order valence-electron chi connectivity index (χ2n) is 7.86. The van der Waals surface area contributed by atoms with Gasteiger partial charge in [0.1, 0.15) is 0 Å². The van der Waals surface area contributed by atoms with Crippen molar-refractivity contribution in [1.82, 2.24) is 24.6 Å². The van der Waals surface area contributed by atoms with Gasteiger partial charge in [-0.15, -0.1) is 5.10 Å². The smallest absolute Gasteiger partial charge is 0.355 e. The highest BCUT2D eigenvalue weighted by atomic mass is 19.4. The van der Waals surface area contributed by atoms with Gasteiger partial charge in [-0.25, -0.2) is 4.98 Å². The quantitative estimate of drug-likeness (QED) is 0.774. The minimum Gasteiger partial charge on any atom is -0.355 e.